The largest absolute Gasteiger partial charge is 0.457 e. The number of para-hydroxylation sites is 1. The summed E-state index contributed by atoms with van der Waals surface area (Å²) >= 11 is 0. The van der Waals surface area contributed by atoms with E-state index in [1.54, 1.807) is 38.1 Å². The lowest BCUT2D eigenvalue weighted by atomic mass is 9.95. The summed E-state index contributed by atoms with van der Waals surface area (Å²) in [5.41, 5.74) is -1.07. The first-order valence-electron chi connectivity index (χ1n) is 7.00. The molecule has 6 heteroatoms. The van der Waals surface area contributed by atoms with Crippen LogP contribution in [0, 0.1) is 0 Å². The Morgan fingerprint density at radius 2 is 1.86 bits per heavy atom. The lowest BCUT2D eigenvalue weighted by Crippen LogP contribution is -2.57. The zero-order valence-electron chi connectivity index (χ0n) is 12.0. The number of fused-ring (bicyclic) bond motifs is 1. The van der Waals surface area contributed by atoms with Crippen molar-refractivity contribution >= 4 is 17.7 Å². The number of benzene rings is 1. The molecule has 21 heavy (non-hydrogen) atoms. The van der Waals surface area contributed by atoms with Crippen molar-refractivity contribution in [1.29, 1.82) is 0 Å². The highest BCUT2D eigenvalue weighted by Crippen LogP contribution is 2.40. The summed E-state index contributed by atoms with van der Waals surface area (Å²) in [6.07, 6.45) is -0.140. The van der Waals surface area contributed by atoms with Gasteiger partial charge in [0, 0.05) is 13.1 Å². The van der Waals surface area contributed by atoms with E-state index in [1.165, 1.54) is 4.90 Å². The number of amides is 3. The Bertz CT molecular complexity index is 642. The summed E-state index contributed by atoms with van der Waals surface area (Å²) in [5.74, 6) is -0.291. The third-order valence-corrected chi connectivity index (χ3v) is 3.98. The first-order chi connectivity index (χ1) is 10.0. The van der Waals surface area contributed by atoms with Crippen molar-refractivity contribution in [3.8, 4) is 5.75 Å². The summed E-state index contributed by atoms with van der Waals surface area (Å²) in [5, 5.41) is 0. The summed E-state index contributed by atoms with van der Waals surface area (Å²) in [4.78, 5) is 39.8. The van der Waals surface area contributed by atoms with Gasteiger partial charge >= 0.3 is 6.03 Å². The second kappa shape index (κ2) is 4.58. The summed E-state index contributed by atoms with van der Waals surface area (Å²) in [6, 6.07) is 6.39. The van der Waals surface area contributed by atoms with Crippen molar-refractivity contribution in [1.82, 2.24) is 9.80 Å². The number of nitrogens with zero attached hydrogens (tertiary/aromatic N) is 2. The van der Waals surface area contributed by atoms with Crippen LogP contribution in [0.25, 0.3) is 0 Å². The van der Waals surface area contributed by atoms with E-state index in [-0.39, 0.29) is 18.7 Å². The molecule has 1 atom stereocenters. The molecule has 0 unspecified atom stereocenters. The zero-order valence-corrected chi connectivity index (χ0v) is 12.0. The second-order valence-corrected chi connectivity index (χ2v) is 5.06. The van der Waals surface area contributed by atoms with Gasteiger partial charge in [-0.05, 0) is 26.0 Å². The van der Waals surface area contributed by atoms with Gasteiger partial charge in [-0.1, -0.05) is 12.1 Å². The number of likely N-dealkylation sites (N-methyl/N-ethyl adjacent to an activating group) is 2. The van der Waals surface area contributed by atoms with Gasteiger partial charge in [0.05, 0.1) is 12.0 Å². The van der Waals surface area contributed by atoms with E-state index < -0.39 is 17.7 Å². The van der Waals surface area contributed by atoms with E-state index in [0.29, 0.717) is 17.9 Å². The Morgan fingerprint density at radius 3 is 2.52 bits per heavy atom. The normalized spacial score (nSPS) is 24.6. The number of hydrogen-bond acceptors (Lipinski definition) is 4. The monoisotopic (exact) mass is 288 g/mol. The molecule has 0 N–H and O–H groups in total. The highest BCUT2D eigenvalue weighted by molar-refractivity contribution is 6.11. The van der Waals surface area contributed by atoms with Gasteiger partial charge in [0.2, 0.25) is 0 Å². The van der Waals surface area contributed by atoms with Crippen LogP contribution >= 0.6 is 0 Å². The molecule has 1 aromatic carbocycles. The summed E-state index contributed by atoms with van der Waals surface area (Å²) in [6.45, 7) is 4.05. The predicted molar refractivity (Wildman–Crippen MR) is 73.9 cm³/mol. The quantitative estimate of drug-likeness (QED) is 0.776. The number of imide groups is 1. The summed E-state index contributed by atoms with van der Waals surface area (Å²) < 4.78 is 5.86. The molecule has 0 saturated carbocycles. The van der Waals surface area contributed by atoms with Gasteiger partial charge in [0.15, 0.2) is 5.78 Å². The predicted octanol–water partition coefficient (Wildman–Crippen LogP) is 1.65. The maximum absolute atomic E-state index is 12.6. The van der Waals surface area contributed by atoms with Gasteiger partial charge in [-0.2, -0.15) is 0 Å². The first kappa shape index (κ1) is 13.6. The standard InChI is InChI=1S/C15H16N2O4/c1-3-16-13(19)15(17(4-2)14(16)20)9-11(18)10-7-5-6-8-12(10)21-15/h5-8H,3-4,9H2,1-2H3/t15-/m0/s1. The van der Waals surface area contributed by atoms with Gasteiger partial charge in [0.25, 0.3) is 11.6 Å². The number of rotatable bonds is 2. The second-order valence-electron chi connectivity index (χ2n) is 5.06. The fraction of sp³-hybridized carbons (Fsp3) is 0.400. The molecule has 0 aliphatic carbocycles. The molecule has 0 aromatic heterocycles. The topological polar surface area (TPSA) is 66.9 Å². The van der Waals surface area contributed by atoms with E-state index in [1.807, 2.05) is 0 Å². The van der Waals surface area contributed by atoms with Crippen molar-refractivity contribution < 1.29 is 19.1 Å². The SMILES string of the molecule is CCN1C(=O)N(CC)[C@]2(CC(=O)c3ccccc3O2)C1=O. The van der Waals surface area contributed by atoms with Crippen molar-refractivity contribution in [2.24, 2.45) is 0 Å². The minimum absolute atomic E-state index is 0.140. The molecule has 1 aromatic rings. The lowest BCUT2D eigenvalue weighted by molar-refractivity contribution is -0.149. The van der Waals surface area contributed by atoms with Crippen LogP contribution in [-0.4, -0.2) is 46.3 Å². The Kier molecular flexibility index (Phi) is 2.97. The van der Waals surface area contributed by atoms with Crippen molar-refractivity contribution in [2.45, 2.75) is 26.0 Å². The molecule has 2 heterocycles. The molecule has 1 fully saturated rings. The number of hydrogen-bond donors (Lipinski definition) is 0. The lowest BCUT2D eigenvalue weighted by Gasteiger charge is -2.37. The summed E-state index contributed by atoms with van der Waals surface area (Å²) in [7, 11) is 0. The molecule has 3 amide bonds. The highest BCUT2D eigenvalue weighted by atomic mass is 16.5. The zero-order chi connectivity index (χ0) is 15.2. The number of ketones is 1. The number of Topliss-reactive ketones (excluding diaryl/α,β-unsaturated/α-hetero) is 1. The first-order valence-corrected chi connectivity index (χ1v) is 7.00. The van der Waals surface area contributed by atoms with Gasteiger partial charge in [-0.3, -0.25) is 19.4 Å². The van der Waals surface area contributed by atoms with Crippen molar-refractivity contribution in [3.63, 3.8) is 0 Å². The van der Waals surface area contributed by atoms with Gasteiger partial charge in [0.1, 0.15) is 5.75 Å². The molecule has 110 valence electrons. The number of ether oxygens (including phenoxy) is 1. The van der Waals surface area contributed by atoms with E-state index in [4.69, 9.17) is 4.74 Å². The van der Waals surface area contributed by atoms with Crippen molar-refractivity contribution in [3.05, 3.63) is 29.8 Å². The van der Waals surface area contributed by atoms with E-state index in [0.717, 1.165) is 4.90 Å². The molecule has 1 spiro atoms. The Balaban J connectivity index is 2.11. The van der Waals surface area contributed by atoms with Crippen molar-refractivity contribution in [2.75, 3.05) is 13.1 Å². The minimum Gasteiger partial charge on any atom is -0.457 e. The van der Waals surface area contributed by atoms with Crippen LogP contribution in [0.3, 0.4) is 0 Å². The molecule has 3 rings (SSSR count). The molecule has 1 saturated heterocycles. The number of carbonyl (C=O) groups is 3. The smallest absolute Gasteiger partial charge is 0.330 e. The molecule has 0 radical (unpaired) electrons. The van der Waals surface area contributed by atoms with Gasteiger partial charge in [-0.15, -0.1) is 0 Å². The highest BCUT2D eigenvalue weighted by Gasteiger charge is 2.61. The fourth-order valence-corrected chi connectivity index (χ4v) is 2.97. The maximum Gasteiger partial charge on any atom is 0.330 e. The molecule has 2 aliphatic heterocycles. The average molecular weight is 288 g/mol. The van der Waals surface area contributed by atoms with Gasteiger partial charge in [-0.25, -0.2) is 4.79 Å². The Morgan fingerprint density at radius 1 is 1.14 bits per heavy atom. The van der Waals surface area contributed by atoms with Crippen LogP contribution in [-0.2, 0) is 4.79 Å². The Labute approximate surface area is 122 Å². The number of carbonyl (C=O) groups excluding carboxylic acids is 3. The van der Waals surface area contributed by atoms with E-state index in [9.17, 15) is 14.4 Å². The van der Waals surface area contributed by atoms with Crippen LogP contribution in [0.2, 0.25) is 0 Å². The molecular weight excluding hydrogens is 272 g/mol. The third kappa shape index (κ3) is 1.68. The Hall–Kier alpha value is -2.37. The van der Waals surface area contributed by atoms with Gasteiger partial charge < -0.3 is 4.74 Å². The fourth-order valence-electron chi connectivity index (χ4n) is 2.97. The maximum atomic E-state index is 12.6. The minimum atomic E-state index is -1.52. The van der Waals surface area contributed by atoms with Crippen LogP contribution in [0.15, 0.2) is 24.3 Å². The average Bonchev–Trinajstić information content (AvgIpc) is 2.66. The van der Waals surface area contributed by atoms with Crippen LogP contribution in [0.5, 0.6) is 5.75 Å². The van der Waals surface area contributed by atoms with Crippen LogP contribution in [0.4, 0.5) is 4.79 Å². The van der Waals surface area contributed by atoms with Crippen LogP contribution in [0.1, 0.15) is 30.6 Å². The van der Waals surface area contributed by atoms with E-state index in [2.05, 4.69) is 0 Å². The molecular formula is C15H16N2O4. The van der Waals surface area contributed by atoms with Crippen LogP contribution < -0.4 is 4.74 Å². The van der Waals surface area contributed by atoms with E-state index >= 15 is 0 Å². The molecule has 6 nitrogen and oxygen atoms in total. The third-order valence-electron chi connectivity index (χ3n) is 3.98. The molecule has 0 bridgehead atoms. The number of urea groups is 1. The molecule has 2 aliphatic rings.